The van der Waals surface area contributed by atoms with E-state index < -0.39 is 0 Å². The van der Waals surface area contributed by atoms with Gasteiger partial charge in [-0.1, -0.05) is 25.1 Å². The molecule has 0 saturated heterocycles. The molecular formula is C17H21NOS. The second kappa shape index (κ2) is 5.58. The summed E-state index contributed by atoms with van der Waals surface area (Å²) in [6.07, 6.45) is 1.17. The lowest BCUT2D eigenvalue weighted by molar-refractivity contribution is 0.152. The van der Waals surface area contributed by atoms with Crippen molar-refractivity contribution in [2.75, 3.05) is 6.54 Å². The van der Waals surface area contributed by atoms with Gasteiger partial charge in [0.05, 0.1) is 0 Å². The van der Waals surface area contributed by atoms with E-state index in [4.69, 9.17) is 4.74 Å². The lowest BCUT2D eigenvalue weighted by Gasteiger charge is -2.32. The summed E-state index contributed by atoms with van der Waals surface area (Å²) in [4.78, 5) is 2.74. The van der Waals surface area contributed by atoms with Crippen LogP contribution >= 0.6 is 11.3 Å². The summed E-state index contributed by atoms with van der Waals surface area (Å²) in [7, 11) is 0. The highest BCUT2D eigenvalue weighted by atomic mass is 32.1. The predicted molar refractivity (Wildman–Crippen MR) is 84.6 cm³/mol. The van der Waals surface area contributed by atoms with Crippen molar-refractivity contribution in [1.29, 1.82) is 0 Å². The molecule has 0 bridgehead atoms. The maximum atomic E-state index is 6.26. The summed E-state index contributed by atoms with van der Waals surface area (Å²) in [5.41, 5.74) is 2.64. The van der Waals surface area contributed by atoms with Crippen molar-refractivity contribution in [1.82, 2.24) is 5.32 Å². The molecule has 1 aliphatic heterocycles. The molecule has 3 rings (SSSR count). The zero-order valence-corrected chi connectivity index (χ0v) is 13.1. The average molecular weight is 287 g/mol. The lowest BCUT2D eigenvalue weighted by atomic mass is 9.93. The highest BCUT2D eigenvalue weighted by Crippen LogP contribution is 2.42. The first kappa shape index (κ1) is 13.7. The summed E-state index contributed by atoms with van der Waals surface area (Å²) in [6, 6.07) is 11.1. The molecule has 0 amide bonds. The minimum absolute atomic E-state index is 0.166. The molecule has 0 radical (unpaired) electrons. The van der Waals surface area contributed by atoms with Crippen molar-refractivity contribution in [2.24, 2.45) is 0 Å². The van der Waals surface area contributed by atoms with E-state index >= 15 is 0 Å². The third-order valence-corrected chi connectivity index (χ3v) is 4.87. The zero-order valence-electron chi connectivity index (χ0n) is 12.3. The van der Waals surface area contributed by atoms with Crippen molar-refractivity contribution >= 4 is 11.3 Å². The Morgan fingerprint density at radius 3 is 2.75 bits per heavy atom. The van der Waals surface area contributed by atoms with Crippen LogP contribution in [0, 0.1) is 13.8 Å². The van der Waals surface area contributed by atoms with Gasteiger partial charge in [-0.25, -0.2) is 0 Å². The molecule has 106 valence electrons. The molecule has 1 aliphatic rings. The third-order valence-electron chi connectivity index (χ3n) is 3.89. The number of thiophene rings is 1. The molecule has 2 aromatic rings. The Morgan fingerprint density at radius 2 is 2.05 bits per heavy atom. The van der Waals surface area contributed by atoms with E-state index in [0.717, 1.165) is 18.7 Å². The van der Waals surface area contributed by atoms with Gasteiger partial charge in [0.1, 0.15) is 11.9 Å². The van der Waals surface area contributed by atoms with Gasteiger partial charge >= 0.3 is 0 Å². The number of fused-ring (bicyclic) bond motifs is 1. The number of para-hydroxylation sites is 1. The Kier molecular flexibility index (Phi) is 3.81. The number of hydrogen-bond donors (Lipinski definition) is 1. The fraction of sp³-hybridized carbons (Fsp3) is 0.412. The Labute approximate surface area is 124 Å². The molecule has 1 aromatic carbocycles. The molecule has 2 atom stereocenters. The summed E-state index contributed by atoms with van der Waals surface area (Å²) in [5, 5.41) is 3.59. The number of aryl methyl sites for hydroxylation is 2. The number of hydrogen-bond acceptors (Lipinski definition) is 3. The quantitative estimate of drug-likeness (QED) is 0.895. The molecular weight excluding hydrogens is 266 g/mol. The number of benzene rings is 1. The highest BCUT2D eigenvalue weighted by Gasteiger charge is 2.29. The van der Waals surface area contributed by atoms with Crippen LogP contribution in [0.15, 0.2) is 30.3 Å². The second-order valence-corrected chi connectivity index (χ2v) is 6.82. The van der Waals surface area contributed by atoms with Crippen LogP contribution in [0.2, 0.25) is 0 Å². The largest absolute Gasteiger partial charge is 0.485 e. The van der Waals surface area contributed by atoms with E-state index in [9.17, 15) is 0 Å². The Hall–Kier alpha value is -1.32. The maximum Gasteiger partial charge on any atom is 0.127 e. The van der Waals surface area contributed by atoms with Crippen LogP contribution in [0.3, 0.4) is 0 Å². The fourth-order valence-corrected chi connectivity index (χ4v) is 4.00. The summed E-state index contributed by atoms with van der Waals surface area (Å²) in [6.45, 7) is 7.50. The maximum absolute atomic E-state index is 6.26. The van der Waals surface area contributed by atoms with Crippen LogP contribution in [0.4, 0.5) is 0 Å². The highest BCUT2D eigenvalue weighted by molar-refractivity contribution is 7.12. The van der Waals surface area contributed by atoms with Gasteiger partial charge in [-0.2, -0.15) is 0 Å². The van der Waals surface area contributed by atoms with E-state index in [1.54, 1.807) is 0 Å². The smallest absolute Gasteiger partial charge is 0.127 e. The number of rotatable bonds is 3. The molecule has 2 heterocycles. The first-order chi connectivity index (χ1) is 9.69. The van der Waals surface area contributed by atoms with Crippen LogP contribution in [-0.2, 0) is 0 Å². The molecule has 1 aromatic heterocycles. The molecule has 1 N–H and O–H groups in total. The molecule has 3 heteroatoms. The van der Waals surface area contributed by atoms with Crippen LogP contribution in [0.25, 0.3) is 0 Å². The van der Waals surface area contributed by atoms with E-state index in [0.29, 0.717) is 6.04 Å². The third kappa shape index (κ3) is 2.48. The van der Waals surface area contributed by atoms with Gasteiger partial charge in [0.2, 0.25) is 0 Å². The van der Waals surface area contributed by atoms with Crippen molar-refractivity contribution in [3.63, 3.8) is 0 Å². The number of ether oxygens (including phenoxy) is 1. The first-order valence-electron chi connectivity index (χ1n) is 7.25. The molecule has 0 saturated carbocycles. The summed E-state index contributed by atoms with van der Waals surface area (Å²) in [5.74, 6) is 1.03. The normalized spacial score (nSPS) is 21.4. The van der Waals surface area contributed by atoms with Gasteiger partial charge in [-0.05, 0) is 32.5 Å². The van der Waals surface area contributed by atoms with E-state index in [1.807, 2.05) is 11.3 Å². The first-order valence-corrected chi connectivity index (χ1v) is 8.06. The molecule has 0 aliphatic carbocycles. The summed E-state index contributed by atoms with van der Waals surface area (Å²) < 4.78 is 6.26. The fourth-order valence-electron chi connectivity index (χ4n) is 3.02. The van der Waals surface area contributed by atoms with Crippen molar-refractivity contribution in [3.8, 4) is 5.75 Å². The summed E-state index contributed by atoms with van der Waals surface area (Å²) >= 11 is 1.86. The second-order valence-electron chi connectivity index (χ2n) is 5.36. The van der Waals surface area contributed by atoms with Gasteiger partial charge in [-0.3, -0.25) is 0 Å². The van der Waals surface area contributed by atoms with Gasteiger partial charge in [0.25, 0.3) is 0 Å². The van der Waals surface area contributed by atoms with Crippen molar-refractivity contribution in [2.45, 2.75) is 39.3 Å². The Bertz CT molecular complexity index is 605. The SMILES string of the molecule is CCNC1CC(c2cc(C)sc2C)Oc2ccccc21. The topological polar surface area (TPSA) is 21.3 Å². The molecule has 2 unspecified atom stereocenters. The minimum atomic E-state index is 0.166. The molecule has 2 nitrogen and oxygen atoms in total. The van der Waals surface area contributed by atoms with Crippen LogP contribution in [0.1, 0.15) is 46.4 Å². The average Bonchev–Trinajstić information content (AvgIpc) is 2.78. The molecule has 0 spiro atoms. The van der Waals surface area contributed by atoms with Crippen LogP contribution < -0.4 is 10.1 Å². The van der Waals surface area contributed by atoms with Crippen molar-refractivity contribution in [3.05, 3.63) is 51.2 Å². The Morgan fingerprint density at radius 1 is 1.25 bits per heavy atom. The molecule has 20 heavy (non-hydrogen) atoms. The van der Waals surface area contributed by atoms with Gasteiger partial charge in [-0.15, -0.1) is 11.3 Å². The van der Waals surface area contributed by atoms with Gasteiger partial charge in [0.15, 0.2) is 0 Å². The number of nitrogens with one attached hydrogen (secondary N) is 1. The van der Waals surface area contributed by atoms with E-state index in [1.165, 1.54) is 20.9 Å². The monoisotopic (exact) mass is 287 g/mol. The van der Waals surface area contributed by atoms with Crippen LogP contribution in [0.5, 0.6) is 5.75 Å². The predicted octanol–water partition coefficient (Wildman–Crippen LogP) is 4.54. The zero-order chi connectivity index (χ0) is 14.1. The standard InChI is InChI=1S/C17H21NOS/c1-4-18-15-10-17(14-9-11(2)20-12(14)3)19-16-8-6-5-7-13(15)16/h5-9,15,17-18H,4,10H2,1-3H3. The Balaban J connectivity index is 1.95. The van der Waals surface area contributed by atoms with Gasteiger partial charge in [0, 0.05) is 33.3 Å². The minimum Gasteiger partial charge on any atom is -0.485 e. The van der Waals surface area contributed by atoms with Gasteiger partial charge < -0.3 is 10.1 Å². The van der Waals surface area contributed by atoms with E-state index in [2.05, 4.69) is 56.4 Å². The van der Waals surface area contributed by atoms with Crippen molar-refractivity contribution < 1.29 is 4.74 Å². The van der Waals surface area contributed by atoms with Crippen LogP contribution in [-0.4, -0.2) is 6.54 Å². The molecule has 0 fully saturated rings. The van der Waals surface area contributed by atoms with E-state index in [-0.39, 0.29) is 6.10 Å². The lowest BCUT2D eigenvalue weighted by Crippen LogP contribution is -2.29.